The van der Waals surface area contributed by atoms with Crippen molar-refractivity contribution < 1.29 is 19.3 Å². The molecule has 0 spiro atoms. The van der Waals surface area contributed by atoms with Crippen LogP contribution in [0.25, 0.3) is 11.3 Å². The number of imide groups is 1. The van der Waals surface area contributed by atoms with E-state index in [1.807, 2.05) is 29.6 Å². The molecule has 1 aliphatic rings. The van der Waals surface area contributed by atoms with Gasteiger partial charge in [0.2, 0.25) is 5.91 Å². The van der Waals surface area contributed by atoms with E-state index in [-0.39, 0.29) is 24.1 Å². The summed E-state index contributed by atoms with van der Waals surface area (Å²) >= 11 is 1.27. The molecule has 1 aliphatic heterocycles. The molecule has 10 heteroatoms. The second-order valence-corrected chi connectivity index (χ2v) is 7.96. The van der Waals surface area contributed by atoms with Crippen LogP contribution in [0.3, 0.4) is 0 Å². The Hall–Kier alpha value is -3.92. The van der Waals surface area contributed by atoms with Gasteiger partial charge >= 0.3 is 0 Å². The molecule has 1 N–H and O–H groups in total. The van der Waals surface area contributed by atoms with Gasteiger partial charge in [-0.15, -0.1) is 11.3 Å². The summed E-state index contributed by atoms with van der Waals surface area (Å²) in [5, 5.41) is 16.1. The van der Waals surface area contributed by atoms with Crippen molar-refractivity contribution in [3.05, 3.63) is 74.6 Å². The van der Waals surface area contributed by atoms with Crippen LogP contribution < -0.4 is 5.32 Å². The summed E-state index contributed by atoms with van der Waals surface area (Å²) < 4.78 is 0. The first-order chi connectivity index (χ1) is 15.4. The smallest absolute Gasteiger partial charge is 0.282 e. The second-order valence-electron chi connectivity index (χ2n) is 7.11. The van der Waals surface area contributed by atoms with E-state index in [0.717, 1.165) is 22.6 Å². The first-order valence-electron chi connectivity index (χ1n) is 9.87. The van der Waals surface area contributed by atoms with E-state index in [9.17, 15) is 24.5 Å². The molecular formula is C22H18N4O5S. The fraction of sp³-hybridized carbons (Fsp3) is 0.182. The molecule has 0 aliphatic carbocycles. The average molecular weight is 450 g/mol. The van der Waals surface area contributed by atoms with Crippen molar-refractivity contribution in [3.8, 4) is 11.3 Å². The number of benzene rings is 2. The number of fused-ring (bicyclic) bond motifs is 1. The summed E-state index contributed by atoms with van der Waals surface area (Å²) in [5.41, 5.74) is 2.21. The molecular weight excluding hydrogens is 432 g/mol. The van der Waals surface area contributed by atoms with Gasteiger partial charge in [0.25, 0.3) is 17.5 Å². The molecule has 0 fully saturated rings. The van der Waals surface area contributed by atoms with Gasteiger partial charge in [-0.1, -0.05) is 37.3 Å². The topological polar surface area (TPSA) is 123 Å². The third-order valence-electron chi connectivity index (χ3n) is 5.14. The third kappa shape index (κ3) is 4.00. The van der Waals surface area contributed by atoms with E-state index >= 15 is 0 Å². The van der Waals surface area contributed by atoms with Crippen LogP contribution in [-0.4, -0.2) is 39.1 Å². The third-order valence-corrected chi connectivity index (χ3v) is 5.90. The number of carbonyl (C=O) groups is 3. The normalized spacial score (nSPS) is 12.7. The summed E-state index contributed by atoms with van der Waals surface area (Å²) in [7, 11) is 0. The molecule has 0 unspecified atom stereocenters. The quantitative estimate of drug-likeness (QED) is 0.331. The summed E-state index contributed by atoms with van der Waals surface area (Å²) in [4.78, 5) is 53.2. The lowest BCUT2D eigenvalue weighted by Crippen LogP contribution is -2.33. The largest absolute Gasteiger partial charge is 0.302 e. The van der Waals surface area contributed by atoms with Crippen molar-refractivity contribution in [3.63, 3.8) is 0 Å². The number of aromatic nitrogens is 1. The van der Waals surface area contributed by atoms with Crippen LogP contribution in [0.5, 0.6) is 0 Å². The van der Waals surface area contributed by atoms with Gasteiger partial charge in [-0.05, 0) is 18.1 Å². The van der Waals surface area contributed by atoms with E-state index in [2.05, 4.69) is 17.2 Å². The zero-order valence-electron chi connectivity index (χ0n) is 17.0. The molecule has 2 heterocycles. The molecule has 32 heavy (non-hydrogen) atoms. The molecule has 2 aromatic carbocycles. The van der Waals surface area contributed by atoms with E-state index in [4.69, 9.17) is 0 Å². The van der Waals surface area contributed by atoms with Gasteiger partial charge in [-0.2, -0.15) is 0 Å². The molecule has 0 bridgehead atoms. The Morgan fingerprint density at radius 3 is 2.59 bits per heavy atom. The highest BCUT2D eigenvalue weighted by atomic mass is 32.1. The Bertz CT molecular complexity index is 1240. The van der Waals surface area contributed by atoms with Crippen LogP contribution in [0, 0.1) is 10.1 Å². The molecule has 4 rings (SSSR count). The lowest BCUT2D eigenvalue weighted by molar-refractivity contribution is -0.385. The van der Waals surface area contributed by atoms with Crippen LogP contribution in [-0.2, 0) is 11.2 Å². The Kier molecular flexibility index (Phi) is 5.78. The Morgan fingerprint density at radius 2 is 1.91 bits per heavy atom. The average Bonchev–Trinajstić information content (AvgIpc) is 3.35. The number of hydrogen-bond donors (Lipinski definition) is 1. The van der Waals surface area contributed by atoms with Crippen molar-refractivity contribution in [1.29, 1.82) is 0 Å². The summed E-state index contributed by atoms with van der Waals surface area (Å²) in [6.07, 6.45) is 0.790. The summed E-state index contributed by atoms with van der Waals surface area (Å²) in [5.74, 6) is -1.83. The number of nitro groups is 1. The van der Waals surface area contributed by atoms with Gasteiger partial charge in [-0.25, -0.2) is 4.98 Å². The minimum atomic E-state index is -0.767. The van der Waals surface area contributed by atoms with Gasteiger partial charge in [0.15, 0.2) is 5.13 Å². The minimum absolute atomic E-state index is 0.0248. The van der Waals surface area contributed by atoms with Gasteiger partial charge in [0, 0.05) is 30.0 Å². The van der Waals surface area contributed by atoms with E-state index in [1.54, 1.807) is 0 Å². The number of carbonyl (C=O) groups excluding carboxylic acids is 3. The van der Waals surface area contributed by atoms with Crippen LogP contribution in [0.2, 0.25) is 0 Å². The first kappa shape index (κ1) is 21.3. The number of aryl methyl sites for hydroxylation is 1. The lowest BCUT2D eigenvalue weighted by atomic mass is 10.1. The number of nitrogens with zero attached hydrogens (tertiary/aromatic N) is 3. The SMILES string of the molecule is CCc1ccc(-c2csc(NC(=O)CCN3C(=O)c4cccc([N+](=O)[O-])c4C3=O)n2)cc1. The Labute approximate surface area is 186 Å². The Morgan fingerprint density at radius 1 is 1.16 bits per heavy atom. The maximum atomic E-state index is 12.6. The van der Waals surface area contributed by atoms with Crippen LogP contribution in [0.4, 0.5) is 10.8 Å². The van der Waals surface area contributed by atoms with Gasteiger partial charge in [-0.3, -0.25) is 29.4 Å². The van der Waals surface area contributed by atoms with Crippen molar-refractivity contribution in [1.82, 2.24) is 9.88 Å². The molecule has 9 nitrogen and oxygen atoms in total. The van der Waals surface area contributed by atoms with Crippen LogP contribution in [0.15, 0.2) is 47.8 Å². The maximum Gasteiger partial charge on any atom is 0.282 e. The first-order valence-corrected chi connectivity index (χ1v) is 10.7. The number of nitrogens with one attached hydrogen (secondary N) is 1. The molecule has 3 aromatic rings. The maximum absolute atomic E-state index is 12.6. The highest BCUT2D eigenvalue weighted by molar-refractivity contribution is 7.14. The van der Waals surface area contributed by atoms with Crippen molar-refractivity contribution in [2.75, 3.05) is 11.9 Å². The zero-order valence-corrected chi connectivity index (χ0v) is 17.8. The number of thiazole rings is 1. The minimum Gasteiger partial charge on any atom is -0.302 e. The number of amides is 3. The monoisotopic (exact) mass is 450 g/mol. The van der Waals surface area contributed by atoms with Crippen LogP contribution >= 0.6 is 11.3 Å². The molecule has 3 amide bonds. The fourth-order valence-electron chi connectivity index (χ4n) is 3.44. The predicted octanol–water partition coefficient (Wildman–Crippen LogP) is 3.91. The lowest BCUT2D eigenvalue weighted by Gasteiger charge is -2.12. The summed E-state index contributed by atoms with van der Waals surface area (Å²) in [6.45, 7) is 1.89. The molecule has 0 saturated heterocycles. The van der Waals surface area contributed by atoms with E-state index in [1.165, 1.54) is 35.1 Å². The molecule has 0 saturated carbocycles. The molecule has 0 radical (unpaired) electrons. The van der Waals surface area contributed by atoms with Crippen molar-refractivity contribution >= 4 is 39.9 Å². The van der Waals surface area contributed by atoms with Crippen molar-refractivity contribution in [2.24, 2.45) is 0 Å². The van der Waals surface area contributed by atoms with Gasteiger partial charge < -0.3 is 5.32 Å². The fourth-order valence-corrected chi connectivity index (χ4v) is 4.18. The van der Waals surface area contributed by atoms with Crippen molar-refractivity contribution in [2.45, 2.75) is 19.8 Å². The van der Waals surface area contributed by atoms with Gasteiger partial charge in [0.05, 0.1) is 16.2 Å². The number of rotatable bonds is 7. The van der Waals surface area contributed by atoms with Gasteiger partial charge in [0.1, 0.15) is 5.56 Å². The number of anilines is 1. The second kappa shape index (κ2) is 8.67. The van der Waals surface area contributed by atoms with E-state index in [0.29, 0.717) is 5.13 Å². The molecule has 162 valence electrons. The number of nitro benzene ring substituents is 1. The zero-order chi connectivity index (χ0) is 22.8. The highest BCUT2D eigenvalue weighted by Gasteiger charge is 2.40. The summed E-state index contributed by atoms with van der Waals surface area (Å²) in [6, 6.07) is 11.9. The highest BCUT2D eigenvalue weighted by Crippen LogP contribution is 2.31. The van der Waals surface area contributed by atoms with E-state index < -0.39 is 28.3 Å². The molecule has 0 atom stereocenters. The number of hydrogen-bond acceptors (Lipinski definition) is 7. The van der Waals surface area contributed by atoms with Crippen LogP contribution in [0.1, 0.15) is 39.6 Å². The predicted molar refractivity (Wildman–Crippen MR) is 119 cm³/mol. The Balaban J connectivity index is 1.39. The molecule has 1 aromatic heterocycles. The standard InChI is InChI=1S/C22H18N4O5S/c1-2-13-6-8-14(9-7-13)16-12-32-22(23-16)24-18(27)10-11-25-20(28)15-4-3-5-17(26(30)31)19(15)21(25)29/h3-9,12H,2,10-11H2,1H3,(H,23,24,27).